The van der Waals surface area contributed by atoms with Crippen molar-refractivity contribution >= 4 is 17.0 Å². The average Bonchev–Trinajstić information content (AvgIpc) is 2.36. The molecule has 94 valence electrons. The molecule has 0 aliphatic heterocycles. The van der Waals surface area contributed by atoms with Crippen molar-refractivity contribution in [3.63, 3.8) is 0 Å². The molecule has 0 spiro atoms. The molecule has 0 amide bonds. The Kier molecular flexibility index (Phi) is 3.50. The number of aliphatic hydroxyl groups excluding tert-OH is 2. The maximum atomic E-state index is 10.5. The molecule has 0 saturated carbocycles. The lowest BCUT2D eigenvalue weighted by atomic mass is 10.0. The van der Waals surface area contributed by atoms with Gasteiger partial charge >= 0.3 is 5.97 Å². The Morgan fingerprint density at radius 2 is 1.83 bits per heavy atom. The minimum absolute atomic E-state index is 0.414. The third kappa shape index (κ3) is 2.61. The van der Waals surface area contributed by atoms with E-state index >= 15 is 0 Å². The van der Waals surface area contributed by atoms with Gasteiger partial charge in [0.2, 0.25) is 0 Å². The Balaban J connectivity index is 2.27. The average molecular weight is 248 g/mol. The van der Waals surface area contributed by atoms with Gasteiger partial charge in [0.1, 0.15) is 6.10 Å². The van der Waals surface area contributed by atoms with Gasteiger partial charge in [0.05, 0.1) is 23.6 Å². The molecule has 2 rings (SSSR count). The van der Waals surface area contributed by atoms with E-state index in [-0.39, 0.29) is 0 Å². The molecular formula is C12H12N2O4. The van der Waals surface area contributed by atoms with Crippen LogP contribution < -0.4 is 0 Å². The van der Waals surface area contributed by atoms with E-state index in [1.54, 1.807) is 24.4 Å². The predicted molar refractivity (Wildman–Crippen MR) is 62.8 cm³/mol. The van der Waals surface area contributed by atoms with E-state index in [2.05, 4.69) is 9.97 Å². The van der Waals surface area contributed by atoms with Crippen molar-refractivity contribution in [2.24, 2.45) is 0 Å². The lowest BCUT2D eigenvalue weighted by Crippen LogP contribution is -2.21. The molecule has 1 aromatic carbocycles. The van der Waals surface area contributed by atoms with Gasteiger partial charge in [-0.3, -0.25) is 14.8 Å². The van der Waals surface area contributed by atoms with Gasteiger partial charge in [0, 0.05) is 12.4 Å². The van der Waals surface area contributed by atoms with Gasteiger partial charge in [-0.2, -0.15) is 0 Å². The quantitative estimate of drug-likeness (QED) is 0.727. The number of aromatic nitrogens is 2. The summed E-state index contributed by atoms with van der Waals surface area (Å²) in [5, 5.41) is 27.9. The second-order valence-electron chi connectivity index (χ2n) is 3.91. The van der Waals surface area contributed by atoms with Gasteiger partial charge < -0.3 is 15.3 Å². The number of carboxylic acid groups (broad SMARTS) is 1. The van der Waals surface area contributed by atoms with E-state index in [1.807, 2.05) is 0 Å². The van der Waals surface area contributed by atoms with Gasteiger partial charge in [-0.25, -0.2) is 0 Å². The van der Waals surface area contributed by atoms with Gasteiger partial charge in [-0.1, -0.05) is 6.07 Å². The molecule has 2 aromatic rings. The van der Waals surface area contributed by atoms with Crippen LogP contribution in [0.15, 0.2) is 30.6 Å². The number of hydrogen-bond acceptors (Lipinski definition) is 5. The number of aliphatic hydroxyl groups is 2. The fourth-order valence-corrected chi connectivity index (χ4v) is 1.68. The normalized spacial score (nSPS) is 14.3. The van der Waals surface area contributed by atoms with E-state index in [9.17, 15) is 15.0 Å². The summed E-state index contributed by atoms with van der Waals surface area (Å²) in [6, 6.07) is 4.83. The Hall–Kier alpha value is -2.05. The summed E-state index contributed by atoms with van der Waals surface area (Å²) in [5.41, 5.74) is 1.66. The van der Waals surface area contributed by atoms with Gasteiger partial charge in [0.15, 0.2) is 0 Å². The topological polar surface area (TPSA) is 104 Å². The molecule has 1 heterocycles. The van der Waals surface area contributed by atoms with Crippen LogP contribution in [0.3, 0.4) is 0 Å². The Bertz CT molecular complexity index is 573. The smallest absolute Gasteiger partial charge is 0.306 e. The van der Waals surface area contributed by atoms with Crippen molar-refractivity contribution in [2.75, 3.05) is 0 Å². The Morgan fingerprint density at radius 1 is 1.17 bits per heavy atom. The molecule has 0 fully saturated rings. The van der Waals surface area contributed by atoms with Crippen molar-refractivity contribution in [1.82, 2.24) is 9.97 Å². The van der Waals surface area contributed by atoms with Crippen molar-refractivity contribution in [2.45, 2.75) is 18.6 Å². The van der Waals surface area contributed by atoms with E-state index < -0.39 is 24.6 Å². The molecule has 6 nitrogen and oxygen atoms in total. The van der Waals surface area contributed by atoms with Crippen LogP contribution in [0.5, 0.6) is 0 Å². The number of hydrogen-bond donors (Lipinski definition) is 3. The van der Waals surface area contributed by atoms with Crippen LogP contribution in [-0.2, 0) is 4.79 Å². The van der Waals surface area contributed by atoms with Crippen LogP contribution in [0.2, 0.25) is 0 Å². The highest BCUT2D eigenvalue weighted by Crippen LogP contribution is 2.21. The molecular weight excluding hydrogens is 236 g/mol. The zero-order valence-corrected chi connectivity index (χ0v) is 9.39. The van der Waals surface area contributed by atoms with E-state index in [0.29, 0.717) is 16.6 Å². The van der Waals surface area contributed by atoms with Crippen molar-refractivity contribution in [1.29, 1.82) is 0 Å². The SMILES string of the molecule is O=C(O)CC(O)C(O)c1ccc2nccnc2c1. The molecule has 6 heteroatoms. The maximum absolute atomic E-state index is 10.5. The van der Waals surface area contributed by atoms with Crippen LogP contribution in [0, 0.1) is 0 Å². The summed E-state index contributed by atoms with van der Waals surface area (Å²) in [6.45, 7) is 0. The van der Waals surface area contributed by atoms with Gasteiger partial charge in [-0.05, 0) is 17.7 Å². The van der Waals surface area contributed by atoms with Crippen molar-refractivity contribution in [3.05, 3.63) is 36.2 Å². The second-order valence-corrected chi connectivity index (χ2v) is 3.91. The van der Waals surface area contributed by atoms with E-state index in [1.165, 1.54) is 6.20 Å². The molecule has 2 atom stereocenters. The molecule has 3 N–H and O–H groups in total. The highest BCUT2D eigenvalue weighted by Gasteiger charge is 2.21. The monoisotopic (exact) mass is 248 g/mol. The van der Waals surface area contributed by atoms with E-state index in [0.717, 1.165) is 0 Å². The first-order valence-corrected chi connectivity index (χ1v) is 5.36. The number of fused-ring (bicyclic) bond motifs is 1. The number of rotatable bonds is 4. The van der Waals surface area contributed by atoms with Crippen LogP contribution in [0.1, 0.15) is 18.1 Å². The third-order valence-electron chi connectivity index (χ3n) is 2.58. The lowest BCUT2D eigenvalue weighted by molar-refractivity contribution is -0.141. The summed E-state index contributed by atoms with van der Waals surface area (Å²) in [6.07, 6.45) is -0.0482. The summed E-state index contributed by atoms with van der Waals surface area (Å²) < 4.78 is 0. The standard InChI is InChI=1S/C12H12N2O4/c15-10(6-11(16)17)12(18)7-1-2-8-9(5-7)14-4-3-13-8/h1-5,10,12,15,18H,6H2,(H,16,17). The largest absolute Gasteiger partial charge is 0.481 e. The minimum Gasteiger partial charge on any atom is -0.481 e. The zero-order valence-electron chi connectivity index (χ0n) is 9.39. The molecule has 1 aromatic heterocycles. The van der Waals surface area contributed by atoms with Gasteiger partial charge in [-0.15, -0.1) is 0 Å². The maximum Gasteiger partial charge on any atom is 0.306 e. The fraction of sp³-hybridized carbons (Fsp3) is 0.250. The Morgan fingerprint density at radius 3 is 2.50 bits per heavy atom. The van der Waals surface area contributed by atoms with Gasteiger partial charge in [0.25, 0.3) is 0 Å². The minimum atomic E-state index is -1.35. The summed E-state index contributed by atoms with van der Waals surface area (Å²) in [5.74, 6) is -1.16. The lowest BCUT2D eigenvalue weighted by Gasteiger charge is -2.16. The molecule has 2 unspecified atom stereocenters. The zero-order chi connectivity index (χ0) is 13.1. The summed E-state index contributed by atoms with van der Waals surface area (Å²) >= 11 is 0. The number of carboxylic acids is 1. The van der Waals surface area contributed by atoms with Crippen LogP contribution in [-0.4, -0.2) is 37.4 Å². The summed E-state index contributed by atoms with van der Waals surface area (Å²) in [7, 11) is 0. The first kappa shape index (κ1) is 12.4. The Labute approximate surface area is 103 Å². The van der Waals surface area contributed by atoms with Crippen LogP contribution in [0.4, 0.5) is 0 Å². The number of carbonyl (C=O) groups is 1. The molecule has 0 aliphatic rings. The number of nitrogens with zero attached hydrogens (tertiary/aromatic N) is 2. The predicted octanol–water partition coefficient (Wildman–Crippen LogP) is 0.499. The summed E-state index contributed by atoms with van der Waals surface area (Å²) in [4.78, 5) is 18.6. The molecule has 0 bridgehead atoms. The first-order chi connectivity index (χ1) is 8.58. The van der Waals surface area contributed by atoms with Crippen LogP contribution >= 0.6 is 0 Å². The highest BCUT2D eigenvalue weighted by atomic mass is 16.4. The fourth-order valence-electron chi connectivity index (χ4n) is 1.68. The highest BCUT2D eigenvalue weighted by molar-refractivity contribution is 5.74. The molecule has 0 aliphatic carbocycles. The number of aliphatic carboxylic acids is 1. The van der Waals surface area contributed by atoms with E-state index in [4.69, 9.17) is 5.11 Å². The second kappa shape index (κ2) is 5.07. The molecule has 18 heavy (non-hydrogen) atoms. The molecule has 0 radical (unpaired) electrons. The first-order valence-electron chi connectivity index (χ1n) is 5.36. The van der Waals surface area contributed by atoms with Crippen molar-refractivity contribution < 1.29 is 20.1 Å². The number of benzene rings is 1. The third-order valence-corrected chi connectivity index (χ3v) is 2.58. The van der Waals surface area contributed by atoms with Crippen molar-refractivity contribution in [3.8, 4) is 0 Å². The molecule has 0 saturated heterocycles. The van der Waals surface area contributed by atoms with Crippen LogP contribution in [0.25, 0.3) is 11.0 Å².